The number of carboxylic acid groups (broad SMARTS) is 1. The van der Waals surface area contributed by atoms with Crippen LogP contribution in [0.5, 0.6) is 0 Å². The Morgan fingerprint density at radius 3 is 2.78 bits per heavy atom. The summed E-state index contributed by atoms with van der Waals surface area (Å²) in [6, 6.07) is 5.53. The van der Waals surface area contributed by atoms with E-state index in [1.807, 2.05) is 0 Å². The minimum absolute atomic E-state index is 0.113. The summed E-state index contributed by atoms with van der Waals surface area (Å²) in [4.78, 5) is 26.2. The molecule has 0 saturated carbocycles. The van der Waals surface area contributed by atoms with Gasteiger partial charge in [0.2, 0.25) is 0 Å². The molecule has 1 aromatic heterocycles. The molecule has 0 saturated heterocycles. The van der Waals surface area contributed by atoms with Gasteiger partial charge in [-0.05, 0) is 18.2 Å². The summed E-state index contributed by atoms with van der Waals surface area (Å²) in [6.45, 7) is 0. The van der Waals surface area contributed by atoms with E-state index in [-0.39, 0.29) is 5.56 Å². The number of rotatable bonds is 3. The van der Waals surface area contributed by atoms with Crippen LogP contribution in [0.2, 0.25) is 0 Å². The molecule has 92 valence electrons. The van der Waals surface area contributed by atoms with Crippen LogP contribution in [0.15, 0.2) is 35.8 Å². The quantitative estimate of drug-likeness (QED) is 0.793. The van der Waals surface area contributed by atoms with Crippen molar-refractivity contribution in [2.75, 3.05) is 10.6 Å². The molecule has 0 aliphatic heterocycles. The van der Waals surface area contributed by atoms with E-state index in [2.05, 4.69) is 15.6 Å². The number of amides is 2. The number of urea groups is 1. The van der Waals surface area contributed by atoms with Crippen molar-refractivity contribution in [3.8, 4) is 0 Å². The standard InChI is InChI=1S/C11H9N3O3S/c15-9(16)7-2-1-3-8(6-7)13-10(17)14-11-12-4-5-18-11/h1-6H,(H,15,16)(H2,12,13,14,17). The third-order valence-electron chi connectivity index (χ3n) is 2.02. The second-order valence-corrected chi connectivity index (χ2v) is 4.20. The first-order chi connectivity index (χ1) is 8.65. The smallest absolute Gasteiger partial charge is 0.335 e. The molecule has 0 spiro atoms. The zero-order chi connectivity index (χ0) is 13.0. The highest BCUT2D eigenvalue weighted by Crippen LogP contribution is 2.13. The maximum absolute atomic E-state index is 11.6. The molecule has 3 N–H and O–H groups in total. The molecule has 2 rings (SSSR count). The second-order valence-electron chi connectivity index (χ2n) is 3.30. The Morgan fingerprint density at radius 1 is 1.28 bits per heavy atom. The zero-order valence-corrected chi connectivity index (χ0v) is 9.90. The van der Waals surface area contributed by atoms with Gasteiger partial charge < -0.3 is 10.4 Å². The van der Waals surface area contributed by atoms with E-state index in [9.17, 15) is 9.59 Å². The molecule has 2 amide bonds. The molecule has 6 nitrogen and oxygen atoms in total. The number of nitrogens with one attached hydrogen (secondary N) is 2. The van der Waals surface area contributed by atoms with E-state index >= 15 is 0 Å². The number of aromatic nitrogens is 1. The van der Waals surface area contributed by atoms with Crippen molar-refractivity contribution in [3.05, 3.63) is 41.4 Å². The molecule has 0 aliphatic carbocycles. The molecule has 0 atom stereocenters. The van der Waals surface area contributed by atoms with Crippen molar-refractivity contribution < 1.29 is 14.7 Å². The third kappa shape index (κ3) is 3.05. The van der Waals surface area contributed by atoms with Gasteiger partial charge in [0.25, 0.3) is 0 Å². The number of carbonyl (C=O) groups is 2. The molecule has 1 aromatic carbocycles. The minimum atomic E-state index is -1.04. The number of carbonyl (C=O) groups excluding carboxylic acids is 1. The van der Waals surface area contributed by atoms with Gasteiger partial charge in [-0.2, -0.15) is 0 Å². The first kappa shape index (κ1) is 12.1. The summed E-state index contributed by atoms with van der Waals surface area (Å²) < 4.78 is 0. The Kier molecular flexibility index (Phi) is 3.54. The first-order valence-electron chi connectivity index (χ1n) is 4.96. The van der Waals surface area contributed by atoms with Crippen LogP contribution in [-0.2, 0) is 0 Å². The van der Waals surface area contributed by atoms with Crippen LogP contribution in [-0.4, -0.2) is 22.1 Å². The Bertz CT molecular complexity index is 569. The van der Waals surface area contributed by atoms with Gasteiger partial charge in [-0.3, -0.25) is 5.32 Å². The SMILES string of the molecule is O=C(Nc1cccc(C(=O)O)c1)Nc1nccs1. The first-order valence-corrected chi connectivity index (χ1v) is 5.84. The monoisotopic (exact) mass is 263 g/mol. The highest BCUT2D eigenvalue weighted by Gasteiger charge is 2.07. The Hall–Kier alpha value is -2.41. The molecule has 18 heavy (non-hydrogen) atoms. The number of thiazole rings is 1. The van der Waals surface area contributed by atoms with Crippen LogP contribution >= 0.6 is 11.3 Å². The summed E-state index contributed by atoms with van der Waals surface area (Å²) in [7, 11) is 0. The van der Waals surface area contributed by atoms with E-state index in [1.165, 1.54) is 23.5 Å². The third-order valence-corrected chi connectivity index (χ3v) is 2.71. The largest absolute Gasteiger partial charge is 0.478 e. The Morgan fingerprint density at radius 2 is 2.11 bits per heavy atom. The lowest BCUT2D eigenvalue weighted by Gasteiger charge is -2.05. The topological polar surface area (TPSA) is 91.3 Å². The lowest BCUT2D eigenvalue weighted by molar-refractivity contribution is 0.0697. The number of carboxylic acids is 1. The lowest BCUT2D eigenvalue weighted by Crippen LogP contribution is -2.19. The van der Waals surface area contributed by atoms with Gasteiger partial charge in [0.1, 0.15) is 0 Å². The number of anilines is 2. The van der Waals surface area contributed by atoms with Crippen molar-refractivity contribution in [1.82, 2.24) is 4.98 Å². The van der Waals surface area contributed by atoms with Crippen LogP contribution in [0.4, 0.5) is 15.6 Å². The molecule has 0 radical (unpaired) electrons. The van der Waals surface area contributed by atoms with E-state index < -0.39 is 12.0 Å². The fraction of sp³-hybridized carbons (Fsp3) is 0. The van der Waals surface area contributed by atoms with E-state index in [0.717, 1.165) is 0 Å². The summed E-state index contributed by atoms with van der Waals surface area (Å²) in [6.07, 6.45) is 1.57. The number of nitrogens with zero attached hydrogens (tertiary/aromatic N) is 1. The predicted molar refractivity (Wildman–Crippen MR) is 68.2 cm³/mol. The number of benzene rings is 1. The average molecular weight is 263 g/mol. The van der Waals surface area contributed by atoms with Crippen molar-refractivity contribution in [1.29, 1.82) is 0 Å². The summed E-state index contributed by atoms with van der Waals surface area (Å²) >= 11 is 1.29. The molecular formula is C11H9N3O3S. The van der Waals surface area contributed by atoms with Crippen LogP contribution in [0.1, 0.15) is 10.4 Å². The fourth-order valence-electron chi connectivity index (χ4n) is 1.27. The minimum Gasteiger partial charge on any atom is -0.478 e. The molecule has 7 heteroatoms. The second kappa shape index (κ2) is 5.28. The van der Waals surface area contributed by atoms with Gasteiger partial charge in [-0.15, -0.1) is 11.3 Å². The zero-order valence-electron chi connectivity index (χ0n) is 9.08. The van der Waals surface area contributed by atoms with Gasteiger partial charge in [-0.1, -0.05) is 6.07 Å². The van der Waals surface area contributed by atoms with Gasteiger partial charge in [0.15, 0.2) is 5.13 Å². The van der Waals surface area contributed by atoms with E-state index in [4.69, 9.17) is 5.11 Å². The Labute approximate surface area is 106 Å². The van der Waals surface area contributed by atoms with Crippen LogP contribution in [0.3, 0.4) is 0 Å². The van der Waals surface area contributed by atoms with Gasteiger partial charge in [-0.25, -0.2) is 14.6 Å². The van der Waals surface area contributed by atoms with Gasteiger partial charge >= 0.3 is 12.0 Å². The molecule has 0 aliphatic rings. The average Bonchev–Trinajstić information content (AvgIpc) is 2.82. The molecular weight excluding hydrogens is 254 g/mol. The Balaban J connectivity index is 2.03. The van der Waals surface area contributed by atoms with Crippen molar-refractivity contribution in [2.45, 2.75) is 0 Å². The summed E-state index contributed by atoms with van der Waals surface area (Å²) in [5, 5.41) is 16.1. The van der Waals surface area contributed by atoms with Crippen molar-refractivity contribution in [3.63, 3.8) is 0 Å². The van der Waals surface area contributed by atoms with Crippen molar-refractivity contribution >= 4 is 34.2 Å². The molecule has 0 unspecified atom stereocenters. The molecule has 1 heterocycles. The van der Waals surface area contributed by atoms with E-state index in [1.54, 1.807) is 23.7 Å². The van der Waals surface area contributed by atoms with Gasteiger partial charge in [0.05, 0.1) is 5.56 Å². The maximum atomic E-state index is 11.6. The van der Waals surface area contributed by atoms with Crippen LogP contribution in [0, 0.1) is 0 Å². The predicted octanol–water partition coefficient (Wildman–Crippen LogP) is 2.49. The normalized spacial score (nSPS) is 9.78. The maximum Gasteiger partial charge on any atom is 0.335 e. The summed E-state index contributed by atoms with van der Waals surface area (Å²) in [5.74, 6) is -1.04. The highest BCUT2D eigenvalue weighted by molar-refractivity contribution is 7.13. The fourth-order valence-corrected chi connectivity index (χ4v) is 1.80. The van der Waals surface area contributed by atoms with Crippen LogP contribution < -0.4 is 10.6 Å². The van der Waals surface area contributed by atoms with Crippen molar-refractivity contribution in [2.24, 2.45) is 0 Å². The number of aromatic carboxylic acids is 1. The molecule has 0 fully saturated rings. The molecule has 2 aromatic rings. The van der Waals surface area contributed by atoms with Gasteiger partial charge in [0, 0.05) is 17.3 Å². The molecule has 0 bridgehead atoms. The highest BCUT2D eigenvalue weighted by atomic mass is 32.1. The van der Waals surface area contributed by atoms with E-state index in [0.29, 0.717) is 10.8 Å². The van der Waals surface area contributed by atoms with Crippen LogP contribution in [0.25, 0.3) is 0 Å². The lowest BCUT2D eigenvalue weighted by atomic mass is 10.2. The number of hydrogen-bond donors (Lipinski definition) is 3. The number of hydrogen-bond acceptors (Lipinski definition) is 4. The summed E-state index contributed by atoms with van der Waals surface area (Å²) in [5.41, 5.74) is 0.519.